The number of sulfonamides is 1. The summed E-state index contributed by atoms with van der Waals surface area (Å²) in [5, 5.41) is 0.898. The van der Waals surface area contributed by atoms with Crippen LogP contribution in [-0.4, -0.2) is 20.1 Å². The number of hydrogen-bond donors (Lipinski definition) is 1. The van der Waals surface area contributed by atoms with Gasteiger partial charge in [0.1, 0.15) is 0 Å². The van der Waals surface area contributed by atoms with Crippen molar-refractivity contribution in [1.29, 1.82) is 0 Å². The van der Waals surface area contributed by atoms with Crippen LogP contribution in [0.4, 0.5) is 0 Å². The second-order valence-electron chi connectivity index (χ2n) is 7.22. The summed E-state index contributed by atoms with van der Waals surface area (Å²) in [6.07, 6.45) is 1.12. The maximum Gasteiger partial charge on any atom is 0.237 e. The third-order valence-corrected chi connectivity index (χ3v) is 5.87. The van der Waals surface area contributed by atoms with E-state index in [9.17, 15) is 13.2 Å². The lowest BCUT2D eigenvalue weighted by Crippen LogP contribution is -2.34. The summed E-state index contributed by atoms with van der Waals surface area (Å²) in [6, 6.07) is 5.24. The van der Waals surface area contributed by atoms with E-state index < -0.39 is 15.9 Å². The number of nitrogens with one attached hydrogen (secondary N) is 1. The molecule has 0 aliphatic heterocycles. The predicted molar refractivity (Wildman–Crippen MR) is 93.3 cm³/mol. The zero-order chi connectivity index (χ0) is 17.4. The van der Waals surface area contributed by atoms with Crippen molar-refractivity contribution < 1.29 is 13.2 Å². The van der Waals surface area contributed by atoms with Gasteiger partial charge in [-0.25, -0.2) is 8.42 Å². The average molecular weight is 378 g/mol. The summed E-state index contributed by atoms with van der Waals surface area (Å²) in [5.74, 6) is -0.805. The minimum atomic E-state index is -3.59. The van der Waals surface area contributed by atoms with Gasteiger partial charge in [0, 0.05) is 5.92 Å². The second kappa shape index (κ2) is 6.61. The van der Waals surface area contributed by atoms with E-state index in [0.717, 1.165) is 5.56 Å². The Labute approximate surface area is 147 Å². The van der Waals surface area contributed by atoms with Crippen LogP contribution in [0.25, 0.3) is 0 Å². The van der Waals surface area contributed by atoms with Gasteiger partial charge in [-0.2, -0.15) is 0 Å². The first-order valence-electron chi connectivity index (χ1n) is 7.48. The van der Waals surface area contributed by atoms with E-state index >= 15 is 0 Å². The Morgan fingerprint density at radius 3 is 2.48 bits per heavy atom. The molecule has 0 radical (unpaired) electrons. The highest BCUT2D eigenvalue weighted by Gasteiger charge is 2.45. The fraction of sp³-hybridized carbons (Fsp3) is 0.562. The molecule has 1 amide bonds. The van der Waals surface area contributed by atoms with Gasteiger partial charge in [-0.3, -0.25) is 9.52 Å². The molecule has 2 rings (SSSR count). The fourth-order valence-electron chi connectivity index (χ4n) is 2.32. The van der Waals surface area contributed by atoms with Crippen LogP contribution in [0.5, 0.6) is 0 Å². The first-order valence-corrected chi connectivity index (χ1v) is 9.89. The highest BCUT2D eigenvalue weighted by Crippen LogP contribution is 2.48. The molecule has 0 spiro atoms. The van der Waals surface area contributed by atoms with Crippen LogP contribution < -0.4 is 4.72 Å². The second-order valence-corrected chi connectivity index (χ2v) is 9.87. The largest absolute Gasteiger partial charge is 0.274 e. The van der Waals surface area contributed by atoms with Crippen molar-refractivity contribution in [1.82, 2.24) is 4.72 Å². The molecule has 1 aromatic carbocycles. The maximum absolute atomic E-state index is 12.1. The quantitative estimate of drug-likeness (QED) is 0.843. The number of amides is 1. The minimum absolute atomic E-state index is 0.00239. The highest BCUT2D eigenvalue weighted by molar-refractivity contribution is 7.90. The zero-order valence-electron chi connectivity index (χ0n) is 13.4. The van der Waals surface area contributed by atoms with Gasteiger partial charge in [-0.1, -0.05) is 50.0 Å². The van der Waals surface area contributed by atoms with Crippen molar-refractivity contribution in [2.24, 2.45) is 11.3 Å². The molecular weight excluding hydrogens is 357 g/mol. The molecular formula is C16H21Cl2NO3S. The van der Waals surface area contributed by atoms with Crippen LogP contribution in [0, 0.1) is 11.3 Å². The van der Waals surface area contributed by atoms with E-state index in [4.69, 9.17) is 23.2 Å². The Balaban J connectivity index is 1.94. The number of rotatable bonds is 5. The first-order chi connectivity index (χ1) is 10.5. The van der Waals surface area contributed by atoms with E-state index in [2.05, 4.69) is 4.72 Å². The molecule has 1 fully saturated rings. The molecule has 4 nitrogen and oxygen atoms in total. The molecule has 1 aliphatic carbocycles. The lowest BCUT2D eigenvalue weighted by Gasteiger charge is -2.17. The monoisotopic (exact) mass is 377 g/mol. The zero-order valence-corrected chi connectivity index (χ0v) is 15.7. The van der Waals surface area contributed by atoms with Crippen molar-refractivity contribution in [3.8, 4) is 0 Å². The van der Waals surface area contributed by atoms with Gasteiger partial charge < -0.3 is 0 Å². The third-order valence-electron chi connectivity index (χ3n) is 3.88. The fourth-order valence-corrected chi connectivity index (χ4v) is 4.06. The molecule has 1 saturated carbocycles. The Kier molecular flexibility index (Phi) is 5.34. The van der Waals surface area contributed by atoms with E-state index in [1.165, 1.54) is 0 Å². The normalized spacial score (nSPS) is 21.1. The van der Waals surface area contributed by atoms with Gasteiger partial charge in [0.15, 0.2) is 0 Å². The Bertz CT molecular complexity index is 711. The lowest BCUT2D eigenvalue weighted by atomic mass is 9.94. The van der Waals surface area contributed by atoms with Crippen LogP contribution >= 0.6 is 23.2 Å². The predicted octanol–water partition coefficient (Wildman–Crippen LogP) is 3.98. The lowest BCUT2D eigenvalue weighted by molar-refractivity contribution is -0.120. The third kappa shape index (κ3) is 5.37. The molecule has 0 bridgehead atoms. The number of carbonyl (C=O) groups excluding carboxylic acids is 1. The summed E-state index contributed by atoms with van der Waals surface area (Å²) in [4.78, 5) is 12.1. The molecule has 23 heavy (non-hydrogen) atoms. The van der Waals surface area contributed by atoms with E-state index in [1.54, 1.807) is 12.1 Å². The van der Waals surface area contributed by atoms with Gasteiger partial charge in [0.2, 0.25) is 15.9 Å². The van der Waals surface area contributed by atoms with E-state index in [0.29, 0.717) is 22.9 Å². The van der Waals surface area contributed by atoms with Gasteiger partial charge in [0.25, 0.3) is 0 Å². The van der Waals surface area contributed by atoms with Crippen LogP contribution in [0.3, 0.4) is 0 Å². The molecule has 128 valence electrons. The SMILES string of the molecule is CC(C)(C)CCS(=O)(=O)NC(=O)C1CC1c1ccc(Cl)c(Cl)c1. The van der Waals surface area contributed by atoms with Crippen LogP contribution in [0.15, 0.2) is 18.2 Å². The minimum Gasteiger partial charge on any atom is -0.274 e. The van der Waals surface area contributed by atoms with Crippen molar-refractivity contribution in [3.05, 3.63) is 33.8 Å². The van der Waals surface area contributed by atoms with Crippen LogP contribution in [0.2, 0.25) is 10.0 Å². The van der Waals surface area contributed by atoms with Crippen molar-refractivity contribution >= 4 is 39.1 Å². The molecule has 1 N–H and O–H groups in total. The van der Waals surface area contributed by atoms with Gasteiger partial charge in [-0.15, -0.1) is 0 Å². The molecule has 2 atom stereocenters. The highest BCUT2D eigenvalue weighted by atomic mass is 35.5. The number of benzene rings is 1. The topological polar surface area (TPSA) is 63.2 Å². The summed E-state index contributed by atoms with van der Waals surface area (Å²) in [6.45, 7) is 5.89. The Hall–Kier alpha value is -0.780. The van der Waals surface area contributed by atoms with Gasteiger partial charge in [-0.05, 0) is 41.9 Å². The standard InChI is InChI=1S/C16H21Cl2NO3S/c1-16(2,3)6-7-23(21,22)19-15(20)12-9-11(12)10-4-5-13(17)14(18)8-10/h4-5,8,11-12H,6-7,9H2,1-3H3,(H,19,20). The van der Waals surface area contributed by atoms with Crippen molar-refractivity contribution in [2.45, 2.75) is 39.5 Å². The Morgan fingerprint density at radius 2 is 1.91 bits per heavy atom. The summed E-state index contributed by atoms with van der Waals surface area (Å²) in [5.41, 5.74) is 0.812. The molecule has 7 heteroatoms. The Morgan fingerprint density at radius 1 is 1.26 bits per heavy atom. The number of carbonyl (C=O) groups is 1. The number of hydrogen-bond acceptors (Lipinski definition) is 3. The summed E-state index contributed by atoms with van der Waals surface area (Å²) in [7, 11) is -3.59. The molecule has 1 aromatic rings. The first kappa shape index (κ1) is 18.6. The molecule has 1 aliphatic rings. The number of halogens is 2. The molecule has 0 saturated heterocycles. The van der Waals surface area contributed by atoms with Crippen molar-refractivity contribution in [2.75, 3.05) is 5.75 Å². The van der Waals surface area contributed by atoms with Crippen LogP contribution in [-0.2, 0) is 14.8 Å². The van der Waals surface area contributed by atoms with E-state index in [-0.39, 0.29) is 23.0 Å². The molecule has 0 aromatic heterocycles. The molecule has 2 unspecified atom stereocenters. The maximum atomic E-state index is 12.1. The summed E-state index contributed by atoms with van der Waals surface area (Å²) >= 11 is 11.8. The molecule has 0 heterocycles. The average Bonchev–Trinajstić information content (AvgIpc) is 3.19. The van der Waals surface area contributed by atoms with Crippen LogP contribution in [0.1, 0.15) is 45.1 Å². The smallest absolute Gasteiger partial charge is 0.237 e. The van der Waals surface area contributed by atoms with Gasteiger partial charge in [0.05, 0.1) is 15.8 Å². The van der Waals surface area contributed by atoms with Gasteiger partial charge >= 0.3 is 0 Å². The van der Waals surface area contributed by atoms with E-state index in [1.807, 2.05) is 26.8 Å². The summed E-state index contributed by atoms with van der Waals surface area (Å²) < 4.78 is 26.2. The van der Waals surface area contributed by atoms with Crippen molar-refractivity contribution in [3.63, 3.8) is 0 Å².